The first-order chi connectivity index (χ1) is 14.5. The van der Waals surface area contributed by atoms with Gasteiger partial charge in [-0.05, 0) is 19.3 Å². The van der Waals surface area contributed by atoms with Crippen LogP contribution in [0.5, 0.6) is 0 Å². The van der Waals surface area contributed by atoms with Crippen LogP contribution in [0.2, 0.25) is 0 Å². The Morgan fingerprint density at radius 3 is 2.16 bits per heavy atom. The zero-order chi connectivity index (χ0) is 23.7. The molecule has 4 atom stereocenters. The first-order valence-corrected chi connectivity index (χ1v) is 9.42. The SMILES string of the molecule is NC(CC(=O)O)C(=O)NC(CCC(=O)O)C(=O)N1CCCC1C(=O)NC(CO)C(=O)O. The molecule has 1 rings (SSSR count). The van der Waals surface area contributed by atoms with Crippen molar-refractivity contribution in [3.63, 3.8) is 0 Å². The summed E-state index contributed by atoms with van der Waals surface area (Å²) in [5.74, 6) is -6.64. The highest BCUT2D eigenvalue weighted by Gasteiger charge is 2.39. The van der Waals surface area contributed by atoms with Crippen molar-refractivity contribution in [1.82, 2.24) is 15.5 Å². The number of aliphatic carboxylic acids is 3. The molecule has 14 heteroatoms. The minimum Gasteiger partial charge on any atom is -0.481 e. The maximum atomic E-state index is 13.0. The Balaban J connectivity index is 2.96. The van der Waals surface area contributed by atoms with E-state index in [1.54, 1.807) is 0 Å². The van der Waals surface area contributed by atoms with E-state index in [9.17, 15) is 28.8 Å². The third-order valence-electron chi connectivity index (χ3n) is 4.63. The normalized spacial score (nSPS) is 18.5. The van der Waals surface area contributed by atoms with Gasteiger partial charge in [0.25, 0.3) is 0 Å². The van der Waals surface area contributed by atoms with Gasteiger partial charge < -0.3 is 41.7 Å². The Labute approximate surface area is 176 Å². The molecule has 1 saturated heterocycles. The van der Waals surface area contributed by atoms with Crippen LogP contribution in [0, 0.1) is 0 Å². The van der Waals surface area contributed by atoms with E-state index < -0.39 is 79.2 Å². The Morgan fingerprint density at radius 1 is 1.00 bits per heavy atom. The van der Waals surface area contributed by atoms with Crippen molar-refractivity contribution in [2.75, 3.05) is 13.2 Å². The second-order valence-corrected chi connectivity index (χ2v) is 6.97. The van der Waals surface area contributed by atoms with Gasteiger partial charge in [-0.3, -0.25) is 24.0 Å². The highest BCUT2D eigenvalue weighted by atomic mass is 16.4. The van der Waals surface area contributed by atoms with Gasteiger partial charge in [0.1, 0.15) is 18.1 Å². The van der Waals surface area contributed by atoms with Crippen LogP contribution in [0.25, 0.3) is 0 Å². The van der Waals surface area contributed by atoms with Crippen LogP contribution in [0.15, 0.2) is 0 Å². The monoisotopic (exact) mass is 446 g/mol. The van der Waals surface area contributed by atoms with E-state index >= 15 is 0 Å². The second-order valence-electron chi connectivity index (χ2n) is 6.97. The molecule has 0 aromatic carbocycles. The van der Waals surface area contributed by atoms with Crippen LogP contribution in [0.4, 0.5) is 0 Å². The first kappa shape index (κ1) is 25.8. The topological polar surface area (TPSA) is 237 Å². The molecule has 8 N–H and O–H groups in total. The smallest absolute Gasteiger partial charge is 0.328 e. The molecule has 0 saturated carbocycles. The number of nitrogens with two attached hydrogens (primary N) is 1. The third-order valence-corrected chi connectivity index (χ3v) is 4.63. The molecule has 0 aromatic heterocycles. The number of aliphatic hydroxyl groups is 1. The van der Waals surface area contributed by atoms with E-state index in [4.69, 9.17) is 26.2 Å². The van der Waals surface area contributed by atoms with E-state index in [1.807, 2.05) is 0 Å². The standard InChI is InChI=1S/C17H26N4O10/c18-8(6-13(25)26)14(27)19-9(3-4-12(23)24)16(29)21-5-1-2-11(21)15(28)20-10(7-22)17(30)31/h8-11,22H,1-7,18H2,(H,19,27)(H,20,28)(H,23,24)(H,25,26)(H,30,31). The lowest BCUT2D eigenvalue weighted by molar-refractivity contribution is -0.146. The summed E-state index contributed by atoms with van der Waals surface area (Å²) < 4.78 is 0. The number of amides is 3. The average Bonchev–Trinajstić information content (AvgIpc) is 3.17. The second kappa shape index (κ2) is 11.8. The van der Waals surface area contributed by atoms with Gasteiger partial charge in [-0.1, -0.05) is 0 Å². The van der Waals surface area contributed by atoms with Gasteiger partial charge in [-0.15, -0.1) is 0 Å². The molecule has 1 aliphatic heterocycles. The zero-order valence-corrected chi connectivity index (χ0v) is 16.5. The van der Waals surface area contributed by atoms with E-state index in [0.717, 1.165) is 4.90 Å². The summed E-state index contributed by atoms with van der Waals surface area (Å²) in [7, 11) is 0. The molecule has 174 valence electrons. The quantitative estimate of drug-likeness (QED) is 0.157. The number of hydrogen-bond acceptors (Lipinski definition) is 8. The molecule has 4 unspecified atom stereocenters. The van der Waals surface area contributed by atoms with Gasteiger partial charge in [0.05, 0.1) is 19.1 Å². The highest BCUT2D eigenvalue weighted by molar-refractivity contribution is 5.95. The van der Waals surface area contributed by atoms with Crippen molar-refractivity contribution in [2.24, 2.45) is 5.73 Å². The first-order valence-electron chi connectivity index (χ1n) is 9.42. The molecule has 31 heavy (non-hydrogen) atoms. The Morgan fingerprint density at radius 2 is 1.65 bits per heavy atom. The summed E-state index contributed by atoms with van der Waals surface area (Å²) in [5.41, 5.74) is 5.47. The summed E-state index contributed by atoms with van der Waals surface area (Å²) in [4.78, 5) is 71.3. The van der Waals surface area contributed by atoms with Crippen LogP contribution in [0.1, 0.15) is 32.1 Å². The molecular weight excluding hydrogens is 420 g/mol. The minimum absolute atomic E-state index is 0.0917. The van der Waals surface area contributed by atoms with Gasteiger partial charge in [0.2, 0.25) is 17.7 Å². The average molecular weight is 446 g/mol. The minimum atomic E-state index is -1.57. The maximum Gasteiger partial charge on any atom is 0.328 e. The molecule has 0 spiro atoms. The number of likely N-dealkylation sites (tertiary alicyclic amines) is 1. The highest BCUT2D eigenvalue weighted by Crippen LogP contribution is 2.20. The number of carbonyl (C=O) groups is 6. The third kappa shape index (κ3) is 7.82. The predicted octanol–water partition coefficient (Wildman–Crippen LogP) is -3.31. The van der Waals surface area contributed by atoms with E-state index in [-0.39, 0.29) is 19.4 Å². The van der Waals surface area contributed by atoms with Crippen molar-refractivity contribution in [2.45, 2.75) is 56.3 Å². The van der Waals surface area contributed by atoms with Gasteiger partial charge in [0, 0.05) is 13.0 Å². The number of carbonyl (C=O) groups excluding carboxylic acids is 3. The summed E-state index contributed by atoms with van der Waals surface area (Å²) in [6, 6.07) is -5.51. The predicted molar refractivity (Wildman–Crippen MR) is 100 cm³/mol. The fraction of sp³-hybridized carbons (Fsp3) is 0.647. The van der Waals surface area contributed by atoms with Gasteiger partial charge in [-0.2, -0.15) is 0 Å². The summed E-state index contributed by atoms with van der Waals surface area (Å²) >= 11 is 0. The van der Waals surface area contributed by atoms with Gasteiger partial charge >= 0.3 is 17.9 Å². The molecule has 1 aliphatic rings. The number of carboxylic acid groups (broad SMARTS) is 3. The van der Waals surface area contributed by atoms with Crippen molar-refractivity contribution < 1.29 is 49.2 Å². The molecule has 3 amide bonds. The number of hydrogen-bond donors (Lipinski definition) is 7. The summed E-state index contributed by atoms with van der Waals surface area (Å²) in [5, 5.41) is 40.0. The Hall–Kier alpha value is -3.26. The fourth-order valence-electron chi connectivity index (χ4n) is 3.04. The molecule has 0 radical (unpaired) electrons. The lowest BCUT2D eigenvalue weighted by Crippen LogP contribution is -2.57. The van der Waals surface area contributed by atoms with E-state index in [1.165, 1.54) is 0 Å². The lowest BCUT2D eigenvalue weighted by Gasteiger charge is -2.29. The maximum absolute atomic E-state index is 13.0. The number of rotatable bonds is 12. The van der Waals surface area contributed by atoms with Crippen LogP contribution >= 0.6 is 0 Å². The summed E-state index contributed by atoms with van der Waals surface area (Å²) in [6.45, 7) is -0.769. The molecular formula is C17H26N4O10. The van der Waals surface area contributed by atoms with Gasteiger partial charge in [-0.25, -0.2) is 4.79 Å². The Bertz CT molecular complexity index is 728. The Kier molecular flexibility index (Phi) is 9.82. The molecule has 0 aromatic rings. The van der Waals surface area contributed by atoms with E-state index in [2.05, 4.69) is 10.6 Å². The number of aliphatic hydroxyl groups excluding tert-OH is 1. The molecule has 1 fully saturated rings. The van der Waals surface area contributed by atoms with Crippen molar-refractivity contribution in [1.29, 1.82) is 0 Å². The molecule has 0 aliphatic carbocycles. The van der Waals surface area contributed by atoms with Crippen LogP contribution < -0.4 is 16.4 Å². The van der Waals surface area contributed by atoms with Crippen molar-refractivity contribution in [3.8, 4) is 0 Å². The van der Waals surface area contributed by atoms with Crippen LogP contribution in [-0.2, 0) is 28.8 Å². The fourth-order valence-corrected chi connectivity index (χ4v) is 3.04. The molecule has 0 bridgehead atoms. The van der Waals surface area contributed by atoms with Crippen LogP contribution in [0.3, 0.4) is 0 Å². The number of carboxylic acids is 3. The number of nitrogens with one attached hydrogen (secondary N) is 2. The molecule has 1 heterocycles. The van der Waals surface area contributed by atoms with Crippen LogP contribution in [-0.4, -0.2) is 98.3 Å². The van der Waals surface area contributed by atoms with E-state index in [0.29, 0.717) is 6.42 Å². The number of nitrogens with zero attached hydrogens (tertiary/aromatic N) is 1. The van der Waals surface area contributed by atoms with Crippen molar-refractivity contribution >= 4 is 35.6 Å². The zero-order valence-electron chi connectivity index (χ0n) is 16.5. The van der Waals surface area contributed by atoms with Gasteiger partial charge in [0.15, 0.2) is 0 Å². The largest absolute Gasteiger partial charge is 0.481 e. The lowest BCUT2D eigenvalue weighted by atomic mass is 10.1. The molecule has 14 nitrogen and oxygen atoms in total. The van der Waals surface area contributed by atoms with Crippen molar-refractivity contribution in [3.05, 3.63) is 0 Å². The summed E-state index contributed by atoms with van der Waals surface area (Å²) in [6.07, 6.45) is -0.968.